The van der Waals surface area contributed by atoms with Crippen molar-refractivity contribution >= 4 is 33.0 Å². The van der Waals surface area contributed by atoms with Gasteiger partial charge in [0.05, 0.1) is 5.54 Å². The number of halogens is 1. The number of hydrogen-bond acceptors (Lipinski definition) is 3. The number of ketones is 1. The van der Waals surface area contributed by atoms with Crippen LogP contribution in [0, 0.1) is 0 Å². The standard InChI is InChI=1S/C11H16BrNOS/c1-11(2,13(3)4)10(14)7-9-8(12)5-6-15-9/h5-6H,7H2,1-4H3. The zero-order valence-corrected chi connectivity index (χ0v) is 11.9. The van der Waals surface area contributed by atoms with Crippen LogP contribution < -0.4 is 0 Å². The van der Waals surface area contributed by atoms with Gasteiger partial charge in [0.2, 0.25) is 0 Å². The lowest BCUT2D eigenvalue weighted by molar-refractivity contribution is -0.127. The molecule has 0 saturated heterocycles. The minimum Gasteiger partial charge on any atom is -0.298 e. The van der Waals surface area contributed by atoms with Gasteiger partial charge in [0.15, 0.2) is 5.78 Å². The lowest BCUT2D eigenvalue weighted by Crippen LogP contribution is -2.46. The Labute approximate surface area is 103 Å². The molecule has 0 spiro atoms. The van der Waals surface area contributed by atoms with Gasteiger partial charge in [-0.1, -0.05) is 0 Å². The molecule has 4 heteroatoms. The molecule has 0 aromatic carbocycles. The van der Waals surface area contributed by atoms with E-state index in [0.717, 1.165) is 9.35 Å². The molecule has 1 aromatic heterocycles. The van der Waals surface area contributed by atoms with Crippen LogP contribution in [0.3, 0.4) is 0 Å². The van der Waals surface area contributed by atoms with Crippen molar-refractivity contribution in [3.8, 4) is 0 Å². The van der Waals surface area contributed by atoms with Crippen molar-refractivity contribution in [1.82, 2.24) is 4.90 Å². The van der Waals surface area contributed by atoms with Crippen molar-refractivity contribution in [2.45, 2.75) is 25.8 Å². The molecule has 0 unspecified atom stereocenters. The Balaban J connectivity index is 2.76. The van der Waals surface area contributed by atoms with E-state index in [1.807, 2.05) is 44.3 Å². The second kappa shape index (κ2) is 4.76. The molecule has 84 valence electrons. The highest BCUT2D eigenvalue weighted by Gasteiger charge is 2.29. The minimum atomic E-state index is -0.399. The second-order valence-corrected chi connectivity index (χ2v) is 6.10. The van der Waals surface area contributed by atoms with Gasteiger partial charge in [-0.2, -0.15) is 0 Å². The molecule has 15 heavy (non-hydrogen) atoms. The molecule has 0 fully saturated rings. The lowest BCUT2D eigenvalue weighted by atomic mass is 9.95. The lowest BCUT2D eigenvalue weighted by Gasteiger charge is -2.30. The number of Topliss-reactive ketones (excluding diaryl/α,β-unsaturated/α-hetero) is 1. The van der Waals surface area contributed by atoms with Crippen LogP contribution >= 0.6 is 27.3 Å². The van der Waals surface area contributed by atoms with Gasteiger partial charge in [0.1, 0.15) is 0 Å². The molecule has 0 aliphatic rings. The van der Waals surface area contributed by atoms with Gasteiger partial charge >= 0.3 is 0 Å². The van der Waals surface area contributed by atoms with Crippen molar-refractivity contribution in [2.75, 3.05) is 14.1 Å². The summed E-state index contributed by atoms with van der Waals surface area (Å²) in [6.07, 6.45) is 0.503. The molecule has 0 amide bonds. The molecule has 0 aliphatic heterocycles. The first kappa shape index (κ1) is 12.9. The van der Waals surface area contributed by atoms with Crippen molar-refractivity contribution in [1.29, 1.82) is 0 Å². The van der Waals surface area contributed by atoms with Crippen LogP contribution in [0.4, 0.5) is 0 Å². The van der Waals surface area contributed by atoms with E-state index in [4.69, 9.17) is 0 Å². The average molecular weight is 290 g/mol. The zero-order chi connectivity index (χ0) is 11.6. The number of likely N-dealkylation sites (N-methyl/N-ethyl adjacent to an activating group) is 1. The van der Waals surface area contributed by atoms with Crippen molar-refractivity contribution in [2.24, 2.45) is 0 Å². The quantitative estimate of drug-likeness (QED) is 0.849. The molecule has 0 radical (unpaired) electrons. The van der Waals surface area contributed by atoms with Crippen LogP contribution in [0.5, 0.6) is 0 Å². The maximum absolute atomic E-state index is 12.1. The maximum atomic E-state index is 12.1. The molecule has 1 aromatic rings. The van der Waals surface area contributed by atoms with E-state index in [1.54, 1.807) is 11.3 Å². The molecule has 0 aliphatic carbocycles. The largest absolute Gasteiger partial charge is 0.298 e. The normalized spacial score (nSPS) is 12.1. The Morgan fingerprint density at radius 1 is 1.53 bits per heavy atom. The highest BCUT2D eigenvalue weighted by Crippen LogP contribution is 2.25. The number of rotatable bonds is 4. The molecular formula is C11H16BrNOS. The van der Waals surface area contributed by atoms with Crippen LogP contribution in [0.25, 0.3) is 0 Å². The number of hydrogen-bond donors (Lipinski definition) is 0. The third kappa shape index (κ3) is 2.89. The van der Waals surface area contributed by atoms with Crippen molar-refractivity contribution in [3.05, 3.63) is 20.8 Å². The summed E-state index contributed by atoms with van der Waals surface area (Å²) in [6.45, 7) is 3.91. The molecule has 0 bridgehead atoms. The number of thiophene rings is 1. The SMILES string of the molecule is CN(C)C(C)(C)C(=O)Cc1sccc1Br. The Hall–Kier alpha value is -0.190. The summed E-state index contributed by atoms with van der Waals surface area (Å²) in [5.74, 6) is 0.246. The van der Waals surface area contributed by atoms with Crippen LogP contribution in [-0.2, 0) is 11.2 Å². The van der Waals surface area contributed by atoms with Gasteiger partial charge in [-0.15, -0.1) is 11.3 Å². The summed E-state index contributed by atoms with van der Waals surface area (Å²) < 4.78 is 1.04. The summed E-state index contributed by atoms with van der Waals surface area (Å²) in [5.41, 5.74) is -0.399. The summed E-state index contributed by atoms with van der Waals surface area (Å²) in [5, 5.41) is 2.00. The first-order chi connectivity index (χ1) is 6.85. The Morgan fingerprint density at radius 2 is 2.13 bits per heavy atom. The smallest absolute Gasteiger partial charge is 0.157 e. The van der Waals surface area contributed by atoms with Gasteiger partial charge in [-0.3, -0.25) is 9.69 Å². The Morgan fingerprint density at radius 3 is 2.53 bits per heavy atom. The van der Waals surface area contributed by atoms with E-state index in [9.17, 15) is 4.79 Å². The third-order valence-electron chi connectivity index (χ3n) is 2.81. The summed E-state index contributed by atoms with van der Waals surface area (Å²) >= 11 is 5.06. The topological polar surface area (TPSA) is 20.3 Å². The Kier molecular flexibility index (Phi) is 4.09. The minimum absolute atomic E-state index is 0.246. The predicted octanol–water partition coefficient (Wildman–Crippen LogP) is 2.96. The Bertz CT molecular complexity index is 357. The number of carbonyl (C=O) groups excluding carboxylic acids is 1. The monoisotopic (exact) mass is 289 g/mol. The average Bonchev–Trinajstić information content (AvgIpc) is 2.51. The summed E-state index contributed by atoms with van der Waals surface area (Å²) in [6, 6.07) is 1.98. The van der Waals surface area contributed by atoms with Gasteiger partial charge in [0.25, 0.3) is 0 Å². The fraction of sp³-hybridized carbons (Fsp3) is 0.545. The number of nitrogens with zero attached hydrogens (tertiary/aromatic N) is 1. The summed E-state index contributed by atoms with van der Waals surface area (Å²) in [7, 11) is 3.86. The third-order valence-corrected chi connectivity index (χ3v) is 4.74. The van der Waals surface area contributed by atoms with Gasteiger partial charge in [0, 0.05) is 15.8 Å². The molecular weight excluding hydrogens is 274 g/mol. The fourth-order valence-electron chi connectivity index (χ4n) is 1.06. The molecule has 1 heterocycles. The van der Waals surface area contributed by atoms with Crippen molar-refractivity contribution in [3.63, 3.8) is 0 Å². The van der Waals surface area contributed by atoms with E-state index in [1.165, 1.54) is 0 Å². The van der Waals surface area contributed by atoms with Crippen LogP contribution in [-0.4, -0.2) is 30.3 Å². The highest BCUT2D eigenvalue weighted by molar-refractivity contribution is 9.10. The van der Waals surface area contributed by atoms with E-state index in [-0.39, 0.29) is 5.78 Å². The van der Waals surface area contributed by atoms with E-state index in [0.29, 0.717) is 6.42 Å². The maximum Gasteiger partial charge on any atom is 0.157 e. The van der Waals surface area contributed by atoms with E-state index in [2.05, 4.69) is 15.9 Å². The molecule has 1 rings (SSSR count). The molecule has 0 saturated carbocycles. The van der Waals surface area contributed by atoms with Crippen LogP contribution in [0.1, 0.15) is 18.7 Å². The molecule has 2 nitrogen and oxygen atoms in total. The number of carbonyl (C=O) groups is 1. The first-order valence-corrected chi connectivity index (χ1v) is 6.45. The first-order valence-electron chi connectivity index (χ1n) is 4.78. The van der Waals surface area contributed by atoms with E-state index >= 15 is 0 Å². The highest BCUT2D eigenvalue weighted by atomic mass is 79.9. The van der Waals surface area contributed by atoms with Gasteiger partial charge in [-0.25, -0.2) is 0 Å². The second-order valence-electron chi connectivity index (χ2n) is 4.25. The van der Waals surface area contributed by atoms with Gasteiger partial charge in [-0.05, 0) is 55.3 Å². The molecule has 0 atom stereocenters. The fourth-order valence-corrected chi connectivity index (χ4v) is 2.55. The van der Waals surface area contributed by atoms with Crippen LogP contribution in [0.15, 0.2) is 15.9 Å². The zero-order valence-electron chi connectivity index (χ0n) is 9.50. The predicted molar refractivity (Wildman–Crippen MR) is 68.5 cm³/mol. The van der Waals surface area contributed by atoms with Crippen LogP contribution in [0.2, 0.25) is 0 Å². The molecule has 0 N–H and O–H groups in total. The van der Waals surface area contributed by atoms with E-state index < -0.39 is 5.54 Å². The van der Waals surface area contributed by atoms with Gasteiger partial charge < -0.3 is 0 Å². The summed E-state index contributed by atoms with van der Waals surface area (Å²) in [4.78, 5) is 15.1. The van der Waals surface area contributed by atoms with Crippen molar-refractivity contribution < 1.29 is 4.79 Å².